The standard InChI is InChI=1S/C14H17N5O3/c1-15-7-2-8-16-14(20)11-9-17-18(10-11)12-3-5-13(6-4-12)19(21)22/h3-6,9-10,15H,2,7-8H2,1H3,(H,16,20). The van der Waals surface area contributed by atoms with Crippen molar-refractivity contribution in [1.29, 1.82) is 0 Å². The lowest BCUT2D eigenvalue weighted by Gasteiger charge is -2.03. The molecule has 0 aliphatic rings. The first-order valence-corrected chi connectivity index (χ1v) is 6.84. The number of nitrogens with zero attached hydrogens (tertiary/aromatic N) is 3. The maximum Gasteiger partial charge on any atom is 0.269 e. The Kier molecular flexibility index (Phi) is 5.21. The number of hydrogen-bond acceptors (Lipinski definition) is 5. The van der Waals surface area contributed by atoms with Crippen LogP contribution in [0, 0.1) is 10.1 Å². The molecular formula is C14H17N5O3. The Hall–Kier alpha value is -2.74. The van der Waals surface area contributed by atoms with Gasteiger partial charge in [0, 0.05) is 24.9 Å². The highest BCUT2D eigenvalue weighted by Gasteiger charge is 2.10. The Morgan fingerprint density at radius 2 is 2.05 bits per heavy atom. The van der Waals surface area contributed by atoms with Crippen molar-refractivity contribution in [2.75, 3.05) is 20.1 Å². The number of aromatic nitrogens is 2. The van der Waals surface area contributed by atoms with Crippen LogP contribution in [0.3, 0.4) is 0 Å². The van der Waals surface area contributed by atoms with Crippen LogP contribution in [-0.4, -0.2) is 40.7 Å². The number of rotatable bonds is 7. The largest absolute Gasteiger partial charge is 0.352 e. The van der Waals surface area contributed by atoms with Crippen molar-refractivity contribution >= 4 is 11.6 Å². The van der Waals surface area contributed by atoms with Gasteiger partial charge in [0.25, 0.3) is 11.6 Å². The van der Waals surface area contributed by atoms with Gasteiger partial charge in [-0.05, 0) is 32.1 Å². The van der Waals surface area contributed by atoms with Gasteiger partial charge in [-0.25, -0.2) is 4.68 Å². The first-order chi connectivity index (χ1) is 10.6. The van der Waals surface area contributed by atoms with E-state index in [1.165, 1.54) is 23.0 Å². The smallest absolute Gasteiger partial charge is 0.269 e. The molecule has 0 fully saturated rings. The van der Waals surface area contributed by atoms with Gasteiger partial charge in [0.1, 0.15) is 0 Å². The van der Waals surface area contributed by atoms with Crippen molar-refractivity contribution in [2.24, 2.45) is 0 Å². The fourth-order valence-electron chi connectivity index (χ4n) is 1.88. The van der Waals surface area contributed by atoms with Gasteiger partial charge >= 0.3 is 0 Å². The van der Waals surface area contributed by atoms with Crippen molar-refractivity contribution in [1.82, 2.24) is 20.4 Å². The van der Waals surface area contributed by atoms with E-state index in [4.69, 9.17) is 0 Å². The minimum absolute atomic E-state index is 0.0124. The minimum Gasteiger partial charge on any atom is -0.352 e. The molecule has 1 aromatic carbocycles. The Balaban J connectivity index is 2.01. The van der Waals surface area contributed by atoms with E-state index in [2.05, 4.69) is 15.7 Å². The molecular weight excluding hydrogens is 286 g/mol. The molecule has 1 amide bonds. The Bertz CT molecular complexity index is 651. The second kappa shape index (κ2) is 7.32. The van der Waals surface area contributed by atoms with Crippen molar-refractivity contribution in [3.63, 3.8) is 0 Å². The fraction of sp³-hybridized carbons (Fsp3) is 0.286. The van der Waals surface area contributed by atoms with Crippen molar-refractivity contribution in [3.05, 3.63) is 52.3 Å². The third kappa shape index (κ3) is 3.89. The second-order valence-corrected chi connectivity index (χ2v) is 4.66. The summed E-state index contributed by atoms with van der Waals surface area (Å²) in [5.74, 6) is -0.190. The van der Waals surface area contributed by atoms with E-state index < -0.39 is 4.92 Å². The summed E-state index contributed by atoms with van der Waals surface area (Å²) in [5, 5.41) is 20.5. The van der Waals surface area contributed by atoms with E-state index >= 15 is 0 Å². The predicted octanol–water partition coefficient (Wildman–Crippen LogP) is 1.12. The highest BCUT2D eigenvalue weighted by Crippen LogP contribution is 2.15. The molecule has 0 aliphatic heterocycles. The number of nitro groups is 1. The fourth-order valence-corrected chi connectivity index (χ4v) is 1.88. The zero-order valence-corrected chi connectivity index (χ0v) is 12.2. The highest BCUT2D eigenvalue weighted by molar-refractivity contribution is 5.93. The van der Waals surface area contributed by atoms with Gasteiger partial charge in [-0.3, -0.25) is 14.9 Å². The number of hydrogen-bond donors (Lipinski definition) is 2. The second-order valence-electron chi connectivity index (χ2n) is 4.66. The molecule has 0 atom stereocenters. The van der Waals surface area contributed by atoms with E-state index in [1.807, 2.05) is 7.05 Å². The highest BCUT2D eigenvalue weighted by atomic mass is 16.6. The monoisotopic (exact) mass is 303 g/mol. The molecule has 2 N–H and O–H groups in total. The zero-order chi connectivity index (χ0) is 15.9. The first-order valence-electron chi connectivity index (χ1n) is 6.84. The number of benzene rings is 1. The molecule has 0 bridgehead atoms. The van der Waals surface area contributed by atoms with E-state index in [0.29, 0.717) is 17.8 Å². The third-order valence-electron chi connectivity index (χ3n) is 3.06. The number of carbonyl (C=O) groups is 1. The quantitative estimate of drug-likeness (QED) is 0.453. The molecule has 0 spiro atoms. The average Bonchev–Trinajstić information content (AvgIpc) is 3.01. The van der Waals surface area contributed by atoms with Gasteiger partial charge in [-0.15, -0.1) is 0 Å². The summed E-state index contributed by atoms with van der Waals surface area (Å²) in [6.45, 7) is 1.42. The summed E-state index contributed by atoms with van der Waals surface area (Å²) < 4.78 is 1.51. The number of carbonyl (C=O) groups excluding carboxylic acids is 1. The summed E-state index contributed by atoms with van der Waals surface area (Å²) in [5.41, 5.74) is 1.11. The van der Waals surface area contributed by atoms with Crippen molar-refractivity contribution in [3.8, 4) is 5.69 Å². The summed E-state index contributed by atoms with van der Waals surface area (Å²) in [7, 11) is 1.86. The summed E-state index contributed by atoms with van der Waals surface area (Å²) in [6.07, 6.45) is 3.90. The predicted molar refractivity (Wildman–Crippen MR) is 81.1 cm³/mol. The minimum atomic E-state index is -0.461. The maximum atomic E-state index is 11.9. The van der Waals surface area contributed by atoms with Crippen LogP contribution < -0.4 is 10.6 Å². The molecule has 0 aliphatic carbocycles. The molecule has 8 heteroatoms. The Labute approximate surface area is 127 Å². The van der Waals surface area contributed by atoms with Crippen LogP contribution in [0.4, 0.5) is 5.69 Å². The van der Waals surface area contributed by atoms with Gasteiger partial charge in [0.2, 0.25) is 0 Å². The molecule has 22 heavy (non-hydrogen) atoms. The number of amides is 1. The van der Waals surface area contributed by atoms with Crippen LogP contribution in [0.1, 0.15) is 16.8 Å². The number of nitrogens with one attached hydrogen (secondary N) is 2. The lowest BCUT2D eigenvalue weighted by molar-refractivity contribution is -0.384. The molecule has 116 valence electrons. The van der Waals surface area contributed by atoms with Gasteiger partial charge in [-0.2, -0.15) is 5.10 Å². The molecule has 0 unspecified atom stereocenters. The maximum absolute atomic E-state index is 11.9. The Morgan fingerprint density at radius 3 is 2.68 bits per heavy atom. The molecule has 0 saturated carbocycles. The summed E-state index contributed by atoms with van der Waals surface area (Å²) in [6, 6.07) is 5.96. The van der Waals surface area contributed by atoms with E-state index in [-0.39, 0.29) is 11.6 Å². The molecule has 0 radical (unpaired) electrons. The van der Waals surface area contributed by atoms with Crippen molar-refractivity contribution in [2.45, 2.75) is 6.42 Å². The summed E-state index contributed by atoms with van der Waals surface area (Å²) in [4.78, 5) is 22.1. The van der Waals surface area contributed by atoms with Crippen LogP contribution >= 0.6 is 0 Å². The lowest BCUT2D eigenvalue weighted by Crippen LogP contribution is -2.26. The number of non-ortho nitro benzene ring substituents is 1. The van der Waals surface area contributed by atoms with E-state index in [0.717, 1.165) is 13.0 Å². The molecule has 2 rings (SSSR count). The SMILES string of the molecule is CNCCCNC(=O)c1cnn(-c2ccc([N+](=O)[O-])cc2)c1. The van der Waals surface area contributed by atoms with Crippen LogP contribution in [0.5, 0.6) is 0 Å². The number of nitro benzene ring substituents is 1. The van der Waals surface area contributed by atoms with Crippen molar-refractivity contribution < 1.29 is 9.72 Å². The first kappa shape index (κ1) is 15.6. The third-order valence-corrected chi connectivity index (χ3v) is 3.06. The normalized spacial score (nSPS) is 10.4. The zero-order valence-electron chi connectivity index (χ0n) is 12.2. The average molecular weight is 303 g/mol. The van der Waals surface area contributed by atoms with Crippen LogP contribution in [-0.2, 0) is 0 Å². The molecule has 0 saturated heterocycles. The molecule has 1 aromatic heterocycles. The van der Waals surface area contributed by atoms with E-state index in [9.17, 15) is 14.9 Å². The lowest BCUT2D eigenvalue weighted by atomic mass is 10.3. The van der Waals surface area contributed by atoms with Crippen LogP contribution in [0.2, 0.25) is 0 Å². The molecule has 2 aromatic rings. The van der Waals surface area contributed by atoms with Gasteiger partial charge in [0.15, 0.2) is 0 Å². The summed E-state index contributed by atoms with van der Waals surface area (Å²) >= 11 is 0. The van der Waals surface area contributed by atoms with Gasteiger partial charge in [0.05, 0.1) is 22.4 Å². The molecule has 1 heterocycles. The van der Waals surface area contributed by atoms with Crippen LogP contribution in [0.15, 0.2) is 36.7 Å². The van der Waals surface area contributed by atoms with Gasteiger partial charge < -0.3 is 10.6 Å². The Morgan fingerprint density at radius 1 is 1.32 bits per heavy atom. The van der Waals surface area contributed by atoms with E-state index in [1.54, 1.807) is 18.3 Å². The van der Waals surface area contributed by atoms with Crippen LogP contribution in [0.25, 0.3) is 5.69 Å². The topological polar surface area (TPSA) is 102 Å². The molecule has 8 nitrogen and oxygen atoms in total. The van der Waals surface area contributed by atoms with Gasteiger partial charge in [-0.1, -0.05) is 0 Å².